The SMILES string of the molecule is CCCN(CCC)c1c2cccc(-c3ccc(Cl)cc3Cl)c2nn1C.Cl. The van der Waals surface area contributed by atoms with E-state index < -0.39 is 0 Å². The molecule has 0 N–H and O–H groups in total. The molecule has 3 rings (SSSR count). The third-order valence-corrected chi connectivity index (χ3v) is 4.89. The highest BCUT2D eigenvalue weighted by atomic mass is 35.5. The summed E-state index contributed by atoms with van der Waals surface area (Å²) in [6.07, 6.45) is 2.21. The smallest absolute Gasteiger partial charge is 0.134 e. The number of hydrogen-bond acceptors (Lipinski definition) is 2. The van der Waals surface area contributed by atoms with Crippen molar-refractivity contribution in [2.24, 2.45) is 7.05 Å². The molecule has 0 bridgehead atoms. The van der Waals surface area contributed by atoms with Crippen molar-refractivity contribution in [3.63, 3.8) is 0 Å². The highest BCUT2D eigenvalue weighted by Gasteiger charge is 2.18. The van der Waals surface area contributed by atoms with E-state index in [1.165, 1.54) is 5.82 Å². The van der Waals surface area contributed by atoms with Crippen molar-refractivity contribution in [2.75, 3.05) is 18.0 Å². The van der Waals surface area contributed by atoms with E-state index in [0.717, 1.165) is 48.0 Å². The molecule has 0 aliphatic heterocycles. The number of halogens is 3. The molecule has 0 spiro atoms. The minimum Gasteiger partial charge on any atom is -0.356 e. The fourth-order valence-corrected chi connectivity index (χ4v) is 3.88. The Morgan fingerprint density at radius 1 is 1.00 bits per heavy atom. The molecule has 3 nitrogen and oxygen atoms in total. The first-order chi connectivity index (χ1) is 12.1. The Labute approximate surface area is 171 Å². The van der Waals surface area contributed by atoms with Crippen LogP contribution in [0.3, 0.4) is 0 Å². The molecule has 0 amide bonds. The molecule has 0 fully saturated rings. The summed E-state index contributed by atoms with van der Waals surface area (Å²) in [6.45, 7) is 6.46. The lowest BCUT2D eigenvalue weighted by Crippen LogP contribution is -2.27. The molecule has 140 valence electrons. The van der Waals surface area contributed by atoms with Gasteiger partial charge in [-0.2, -0.15) is 5.10 Å². The molecule has 0 saturated heterocycles. The molecule has 0 saturated carbocycles. The summed E-state index contributed by atoms with van der Waals surface area (Å²) in [5.74, 6) is 1.17. The van der Waals surface area contributed by atoms with Gasteiger partial charge in [0.15, 0.2) is 0 Å². The first-order valence-electron chi connectivity index (χ1n) is 8.72. The maximum atomic E-state index is 6.44. The van der Waals surface area contributed by atoms with Gasteiger partial charge in [0.05, 0.1) is 0 Å². The molecule has 3 aromatic rings. The molecular formula is C20H24Cl3N3. The number of aryl methyl sites for hydroxylation is 1. The van der Waals surface area contributed by atoms with Crippen LogP contribution in [0.15, 0.2) is 36.4 Å². The summed E-state index contributed by atoms with van der Waals surface area (Å²) in [6, 6.07) is 11.9. The normalized spacial score (nSPS) is 10.8. The molecular weight excluding hydrogens is 389 g/mol. The van der Waals surface area contributed by atoms with Crippen LogP contribution in [-0.2, 0) is 7.05 Å². The van der Waals surface area contributed by atoms with Gasteiger partial charge in [0.1, 0.15) is 11.3 Å². The van der Waals surface area contributed by atoms with Crippen LogP contribution in [0, 0.1) is 0 Å². The van der Waals surface area contributed by atoms with Crippen LogP contribution in [-0.4, -0.2) is 22.9 Å². The molecule has 0 aliphatic rings. The molecule has 0 radical (unpaired) electrons. The summed E-state index contributed by atoms with van der Waals surface area (Å²) < 4.78 is 1.99. The van der Waals surface area contributed by atoms with E-state index in [2.05, 4.69) is 36.9 Å². The summed E-state index contributed by atoms with van der Waals surface area (Å²) in [7, 11) is 2.01. The quantitative estimate of drug-likeness (QED) is 0.455. The minimum absolute atomic E-state index is 0. The second-order valence-corrected chi connectivity index (χ2v) is 7.10. The second-order valence-electron chi connectivity index (χ2n) is 6.26. The average Bonchev–Trinajstić information content (AvgIpc) is 2.91. The number of aromatic nitrogens is 2. The van der Waals surface area contributed by atoms with Crippen molar-refractivity contribution in [1.29, 1.82) is 0 Å². The molecule has 0 aliphatic carbocycles. The molecule has 2 aromatic carbocycles. The molecule has 26 heavy (non-hydrogen) atoms. The lowest BCUT2D eigenvalue weighted by atomic mass is 10.0. The van der Waals surface area contributed by atoms with E-state index in [4.69, 9.17) is 28.3 Å². The lowest BCUT2D eigenvalue weighted by Gasteiger charge is -2.23. The van der Waals surface area contributed by atoms with E-state index in [1.54, 1.807) is 6.07 Å². The first-order valence-corrected chi connectivity index (χ1v) is 9.48. The minimum atomic E-state index is 0. The van der Waals surface area contributed by atoms with Gasteiger partial charge in [-0.05, 0) is 31.0 Å². The fourth-order valence-electron chi connectivity index (χ4n) is 3.37. The van der Waals surface area contributed by atoms with Crippen molar-refractivity contribution in [3.8, 4) is 11.1 Å². The van der Waals surface area contributed by atoms with Crippen LogP contribution < -0.4 is 4.90 Å². The summed E-state index contributed by atoms with van der Waals surface area (Å²) >= 11 is 12.5. The van der Waals surface area contributed by atoms with E-state index >= 15 is 0 Å². The van der Waals surface area contributed by atoms with Crippen LogP contribution in [0.25, 0.3) is 22.0 Å². The predicted octanol–water partition coefficient (Wildman–Crippen LogP) is 6.60. The maximum Gasteiger partial charge on any atom is 0.134 e. The Morgan fingerprint density at radius 2 is 1.69 bits per heavy atom. The van der Waals surface area contributed by atoms with E-state index in [9.17, 15) is 0 Å². The number of benzene rings is 2. The van der Waals surface area contributed by atoms with E-state index in [0.29, 0.717) is 10.0 Å². The van der Waals surface area contributed by atoms with Gasteiger partial charge in [0.2, 0.25) is 0 Å². The van der Waals surface area contributed by atoms with Gasteiger partial charge in [-0.1, -0.05) is 55.2 Å². The second kappa shape index (κ2) is 8.98. The Morgan fingerprint density at radius 3 is 2.31 bits per heavy atom. The Hall–Kier alpha value is -1.42. The zero-order valence-electron chi connectivity index (χ0n) is 15.3. The number of anilines is 1. The third-order valence-electron chi connectivity index (χ3n) is 4.34. The first kappa shape index (κ1) is 20.9. The zero-order chi connectivity index (χ0) is 18.0. The number of rotatable bonds is 6. The van der Waals surface area contributed by atoms with E-state index in [1.807, 2.05) is 23.9 Å². The van der Waals surface area contributed by atoms with Gasteiger partial charge in [-0.3, -0.25) is 4.68 Å². The molecule has 1 heterocycles. The Kier molecular flexibility index (Phi) is 7.22. The lowest BCUT2D eigenvalue weighted by molar-refractivity contribution is 0.685. The highest BCUT2D eigenvalue weighted by Crippen LogP contribution is 2.37. The Balaban J connectivity index is 0.00000243. The van der Waals surface area contributed by atoms with Gasteiger partial charge in [-0.25, -0.2) is 0 Å². The number of fused-ring (bicyclic) bond motifs is 1. The van der Waals surface area contributed by atoms with Crippen LogP contribution in [0.1, 0.15) is 26.7 Å². The molecule has 0 unspecified atom stereocenters. The van der Waals surface area contributed by atoms with Crippen LogP contribution in [0.4, 0.5) is 5.82 Å². The zero-order valence-corrected chi connectivity index (χ0v) is 17.6. The van der Waals surface area contributed by atoms with Crippen LogP contribution in [0.5, 0.6) is 0 Å². The monoisotopic (exact) mass is 411 g/mol. The van der Waals surface area contributed by atoms with Crippen molar-refractivity contribution < 1.29 is 0 Å². The van der Waals surface area contributed by atoms with Gasteiger partial charge in [-0.15, -0.1) is 12.4 Å². The van der Waals surface area contributed by atoms with E-state index in [-0.39, 0.29) is 12.4 Å². The van der Waals surface area contributed by atoms with Gasteiger partial charge >= 0.3 is 0 Å². The van der Waals surface area contributed by atoms with Crippen molar-refractivity contribution in [3.05, 3.63) is 46.4 Å². The van der Waals surface area contributed by atoms with Crippen molar-refractivity contribution >= 4 is 52.3 Å². The number of nitrogens with zero attached hydrogens (tertiary/aromatic N) is 3. The summed E-state index contributed by atoms with van der Waals surface area (Å²) in [4.78, 5) is 2.42. The topological polar surface area (TPSA) is 21.1 Å². The fraction of sp³-hybridized carbons (Fsp3) is 0.350. The summed E-state index contributed by atoms with van der Waals surface area (Å²) in [5.41, 5.74) is 2.97. The predicted molar refractivity (Wildman–Crippen MR) is 116 cm³/mol. The summed E-state index contributed by atoms with van der Waals surface area (Å²) in [5, 5.41) is 7.27. The molecule has 1 aromatic heterocycles. The maximum absolute atomic E-state index is 6.44. The Bertz CT molecular complexity index is 883. The average molecular weight is 413 g/mol. The van der Waals surface area contributed by atoms with Crippen LogP contribution >= 0.6 is 35.6 Å². The third kappa shape index (κ3) is 3.95. The highest BCUT2D eigenvalue weighted by molar-refractivity contribution is 6.36. The number of hydrogen-bond donors (Lipinski definition) is 0. The van der Waals surface area contributed by atoms with Gasteiger partial charge in [0, 0.05) is 46.7 Å². The largest absolute Gasteiger partial charge is 0.356 e. The van der Waals surface area contributed by atoms with Gasteiger partial charge in [0.25, 0.3) is 0 Å². The standard InChI is InChI=1S/C20H23Cl2N3.ClH/c1-4-11-25(12-5-2)20-17-8-6-7-16(19(17)23-24(20)3)15-10-9-14(21)13-18(15)22;/h6-10,13H,4-5,11-12H2,1-3H3;1H. The molecule has 6 heteroatoms. The molecule has 0 atom stereocenters. The van der Waals surface area contributed by atoms with Crippen LogP contribution in [0.2, 0.25) is 10.0 Å². The van der Waals surface area contributed by atoms with Crippen molar-refractivity contribution in [1.82, 2.24) is 9.78 Å². The van der Waals surface area contributed by atoms with Crippen molar-refractivity contribution in [2.45, 2.75) is 26.7 Å². The van der Waals surface area contributed by atoms with Gasteiger partial charge < -0.3 is 4.90 Å².